The van der Waals surface area contributed by atoms with Crippen molar-refractivity contribution in [3.63, 3.8) is 0 Å². The van der Waals surface area contributed by atoms with Gasteiger partial charge in [0.05, 0.1) is 19.8 Å². The van der Waals surface area contributed by atoms with E-state index < -0.39 is 11.9 Å². The van der Waals surface area contributed by atoms with Crippen molar-refractivity contribution >= 4 is 30.3 Å². The Balaban J connectivity index is 3.40. The molecular formula is C11H15O4PS. The second-order valence-electron chi connectivity index (χ2n) is 4.47. The van der Waals surface area contributed by atoms with Crippen LogP contribution < -0.4 is 0 Å². The first-order valence-corrected chi connectivity index (χ1v) is 7.31. The largest absolute Gasteiger partial charge is 0.465 e. The van der Waals surface area contributed by atoms with Crippen LogP contribution in [0.3, 0.4) is 0 Å². The van der Waals surface area contributed by atoms with Crippen molar-refractivity contribution in [1.82, 2.24) is 0 Å². The molecular weight excluding hydrogens is 259 g/mol. The fourth-order valence-corrected chi connectivity index (χ4v) is 4.74. The maximum atomic E-state index is 11.8. The molecule has 0 aliphatic heterocycles. The van der Waals surface area contributed by atoms with E-state index in [9.17, 15) is 9.59 Å². The Bertz CT molecular complexity index is 445. The van der Waals surface area contributed by atoms with Crippen molar-refractivity contribution in [2.45, 2.75) is 26.2 Å². The van der Waals surface area contributed by atoms with Gasteiger partial charge in [0.25, 0.3) is 0 Å². The first-order chi connectivity index (χ1) is 7.82. The minimum atomic E-state index is -0.479. The molecule has 0 aliphatic carbocycles. The van der Waals surface area contributed by atoms with Crippen LogP contribution in [0.25, 0.3) is 0 Å². The summed E-state index contributed by atoms with van der Waals surface area (Å²) in [6, 6.07) is 0. The number of carbonyl (C=O) groups excluding carboxylic acids is 2. The first kappa shape index (κ1) is 14.1. The number of hydrogen-bond acceptors (Lipinski definition) is 5. The molecule has 0 aromatic carbocycles. The van der Waals surface area contributed by atoms with Crippen LogP contribution in [0.15, 0.2) is 0 Å². The van der Waals surface area contributed by atoms with Crippen molar-refractivity contribution in [2.24, 2.45) is 0 Å². The van der Waals surface area contributed by atoms with Gasteiger partial charge in [-0.25, -0.2) is 9.59 Å². The quantitative estimate of drug-likeness (QED) is 0.777. The lowest BCUT2D eigenvalue weighted by molar-refractivity contribution is 0.0558. The Kier molecular flexibility index (Phi) is 4.28. The molecule has 0 radical (unpaired) electrons. The second-order valence-corrected chi connectivity index (χ2v) is 6.78. The van der Waals surface area contributed by atoms with Gasteiger partial charge in [-0.2, -0.15) is 0 Å². The Morgan fingerprint density at radius 3 is 2.06 bits per heavy atom. The second kappa shape index (κ2) is 5.15. The number of ether oxygens (including phenoxy) is 2. The molecule has 17 heavy (non-hydrogen) atoms. The average Bonchev–Trinajstić information content (AvgIpc) is 2.70. The molecule has 0 fully saturated rings. The summed E-state index contributed by atoms with van der Waals surface area (Å²) in [4.78, 5) is 24.2. The van der Waals surface area contributed by atoms with Crippen LogP contribution in [0.1, 0.15) is 46.1 Å². The summed E-state index contributed by atoms with van der Waals surface area (Å²) >= 11 is 0. The predicted molar refractivity (Wildman–Crippen MR) is 68.2 cm³/mol. The smallest absolute Gasteiger partial charge is 0.344 e. The minimum absolute atomic E-state index is 0.197. The van der Waals surface area contributed by atoms with Crippen molar-refractivity contribution in [3.8, 4) is 0 Å². The van der Waals surface area contributed by atoms with Gasteiger partial charge in [-0.15, -0.1) is 10.9 Å². The molecule has 0 atom stereocenters. The van der Waals surface area contributed by atoms with Gasteiger partial charge >= 0.3 is 11.9 Å². The molecule has 4 nitrogen and oxygen atoms in total. The van der Waals surface area contributed by atoms with Gasteiger partial charge in [0.1, 0.15) is 5.30 Å². The fourth-order valence-electron chi connectivity index (χ4n) is 1.33. The van der Waals surface area contributed by atoms with Gasteiger partial charge in [-0.3, -0.25) is 0 Å². The van der Waals surface area contributed by atoms with Crippen LogP contribution in [0.5, 0.6) is 0 Å². The zero-order valence-electron chi connectivity index (χ0n) is 10.5. The highest BCUT2D eigenvalue weighted by Gasteiger charge is 2.31. The summed E-state index contributed by atoms with van der Waals surface area (Å²) in [5, 5.41) is 0.370. The van der Waals surface area contributed by atoms with Gasteiger partial charge in [0.2, 0.25) is 0 Å². The Hall–Kier alpha value is -0.930. The van der Waals surface area contributed by atoms with Crippen molar-refractivity contribution in [2.75, 3.05) is 14.2 Å². The molecule has 1 aromatic heterocycles. The molecule has 0 bridgehead atoms. The van der Waals surface area contributed by atoms with Gasteiger partial charge in [0, 0.05) is 12.2 Å². The highest BCUT2D eigenvalue weighted by Crippen LogP contribution is 2.40. The predicted octanol–water partition coefficient (Wildman–Crippen LogP) is 3.20. The molecule has 1 heterocycles. The molecule has 0 saturated heterocycles. The van der Waals surface area contributed by atoms with E-state index >= 15 is 0 Å². The summed E-state index contributed by atoms with van der Waals surface area (Å²) in [7, 11) is 4.80. The number of carbonyl (C=O) groups is 2. The first-order valence-electron chi connectivity index (χ1n) is 4.99. The SMILES string of the molecule is COC(=O)c1psc(C(C)(C)C)c1C(=O)OC. The lowest BCUT2D eigenvalue weighted by Crippen LogP contribution is -2.17. The van der Waals surface area contributed by atoms with E-state index in [1.54, 1.807) is 0 Å². The number of methoxy groups -OCH3 is 2. The van der Waals surface area contributed by atoms with E-state index in [1.807, 2.05) is 20.8 Å². The molecule has 0 N–H and O–H groups in total. The molecule has 0 amide bonds. The number of esters is 2. The molecule has 0 unspecified atom stereocenters. The third-order valence-corrected chi connectivity index (χ3v) is 5.19. The Morgan fingerprint density at radius 2 is 1.65 bits per heavy atom. The zero-order chi connectivity index (χ0) is 13.2. The molecule has 1 aromatic rings. The minimum Gasteiger partial charge on any atom is -0.465 e. The highest BCUT2D eigenvalue weighted by molar-refractivity contribution is 7.81. The van der Waals surface area contributed by atoms with Crippen LogP contribution in [0.4, 0.5) is 0 Å². The topological polar surface area (TPSA) is 52.6 Å². The average molecular weight is 274 g/mol. The zero-order valence-corrected chi connectivity index (χ0v) is 12.2. The van der Waals surface area contributed by atoms with Crippen LogP contribution in [0.2, 0.25) is 0 Å². The van der Waals surface area contributed by atoms with E-state index in [0.717, 1.165) is 12.2 Å². The van der Waals surface area contributed by atoms with E-state index in [2.05, 4.69) is 4.74 Å². The summed E-state index contributed by atoms with van der Waals surface area (Å²) < 4.78 is 9.42. The van der Waals surface area contributed by atoms with E-state index in [4.69, 9.17) is 4.74 Å². The molecule has 1 rings (SSSR count). The van der Waals surface area contributed by atoms with Gasteiger partial charge in [-0.05, 0) is 5.41 Å². The van der Waals surface area contributed by atoms with Gasteiger partial charge in [0.15, 0.2) is 0 Å². The normalized spacial score (nSPS) is 11.6. The maximum Gasteiger partial charge on any atom is 0.344 e. The fraction of sp³-hybridized carbons (Fsp3) is 0.545. The monoisotopic (exact) mass is 274 g/mol. The van der Waals surface area contributed by atoms with Crippen molar-refractivity contribution < 1.29 is 19.1 Å². The van der Waals surface area contributed by atoms with E-state index in [-0.39, 0.29) is 5.41 Å². The third kappa shape index (κ3) is 2.85. The Labute approximate surface area is 106 Å². The van der Waals surface area contributed by atoms with E-state index in [0.29, 0.717) is 10.9 Å². The van der Waals surface area contributed by atoms with Gasteiger partial charge < -0.3 is 9.47 Å². The van der Waals surface area contributed by atoms with Crippen molar-refractivity contribution in [1.29, 1.82) is 0 Å². The van der Waals surface area contributed by atoms with Crippen LogP contribution in [0, 0.1) is 0 Å². The van der Waals surface area contributed by atoms with Gasteiger partial charge in [-0.1, -0.05) is 20.8 Å². The molecule has 94 valence electrons. The molecule has 0 spiro atoms. The lowest BCUT2D eigenvalue weighted by Gasteiger charge is -2.18. The van der Waals surface area contributed by atoms with Crippen molar-refractivity contribution in [3.05, 3.63) is 15.7 Å². The van der Waals surface area contributed by atoms with Crippen LogP contribution in [-0.4, -0.2) is 26.2 Å². The summed E-state index contributed by atoms with van der Waals surface area (Å²) in [5.74, 6) is -0.952. The highest BCUT2D eigenvalue weighted by atomic mass is 32.5. The standard InChI is InChI=1S/C11H15O4PS/c1-11(2,3)8-6(9(12)14-4)7(16-17-8)10(13)15-5/h1-5H3. The summed E-state index contributed by atoms with van der Waals surface area (Å²) in [5.41, 5.74) is 0.162. The van der Waals surface area contributed by atoms with E-state index in [1.165, 1.54) is 25.2 Å². The molecule has 0 aliphatic rings. The molecule has 6 heteroatoms. The summed E-state index contributed by atoms with van der Waals surface area (Å²) in [6.07, 6.45) is 0. The van der Waals surface area contributed by atoms with Crippen LogP contribution >= 0.6 is 18.3 Å². The summed E-state index contributed by atoms with van der Waals surface area (Å²) in [6.45, 7) is 5.98. The van der Waals surface area contributed by atoms with Crippen LogP contribution in [-0.2, 0) is 14.9 Å². The number of hydrogen-bond donors (Lipinski definition) is 0. The molecule has 0 saturated carbocycles. The third-order valence-electron chi connectivity index (χ3n) is 2.14. The lowest BCUT2D eigenvalue weighted by atomic mass is 9.91. The number of rotatable bonds is 2. The Morgan fingerprint density at radius 1 is 1.12 bits per heavy atom. The maximum absolute atomic E-state index is 11.8.